The predicted molar refractivity (Wildman–Crippen MR) is 106 cm³/mol. The Morgan fingerprint density at radius 1 is 1.15 bits per heavy atom. The average molecular weight is 351 g/mol. The summed E-state index contributed by atoms with van der Waals surface area (Å²) in [5.74, 6) is 0.695. The molecule has 0 spiro atoms. The molecule has 26 heavy (non-hydrogen) atoms. The normalized spacial score (nSPS) is 11.1. The van der Waals surface area contributed by atoms with Crippen LogP contribution >= 0.6 is 0 Å². The molecule has 0 radical (unpaired) electrons. The van der Waals surface area contributed by atoms with E-state index in [0.29, 0.717) is 5.69 Å². The van der Waals surface area contributed by atoms with Gasteiger partial charge in [0.1, 0.15) is 11.4 Å². The van der Waals surface area contributed by atoms with E-state index in [9.17, 15) is 4.79 Å². The second kappa shape index (κ2) is 7.62. The molecule has 136 valence electrons. The predicted octanol–water partition coefficient (Wildman–Crippen LogP) is 3.24. The molecule has 0 aliphatic rings. The first-order chi connectivity index (χ1) is 12.6. The largest absolute Gasteiger partial charge is 0.497 e. The van der Waals surface area contributed by atoms with Gasteiger partial charge < -0.3 is 19.5 Å². The van der Waals surface area contributed by atoms with E-state index in [1.54, 1.807) is 14.2 Å². The van der Waals surface area contributed by atoms with Crippen LogP contribution in [0.3, 0.4) is 0 Å². The van der Waals surface area contributed by atoms with Crippen molar-refractivity contribution in [1.29, 1.82) is 0 Å². The average Bonchev–Trinajstić information content (AvgIpc) is 2.99. The summed E-state index contributed by atoms with van der Waals surface area (Å²) in [6, 6.07) is 16.0. The van der Waals surface area contributed by atoms with E-state index in [0.717, 1.165) is 40.9 Å². The highest BCUT2D eigenvalue weighted by molar-refractivity contribution is 6.10. The van der Waals surface area contributed by atoms with Gasteiger partial charge in [-0.2, -0.15) is 0 Å². The lowest BCUT2D eigenvalue weighted by Gasteiger charge is -2.14. The molecule has 1 amide bonds. The van der Waals surface area contributed by atoms with Crippen LogP contribution in [0.2, 0.25) is 0 Å². The van der Waals surface area contributed by atoms with E-state index in [1.807, 2.05) is 62.6 Å². The summed E-state index contributed by atoms with van der Waals surface area (Å²) in [7, 11) is 7.40. The number of nitrogens with zero attached hydrogens (tertiary/aromatic N) is 2. The van der Waals surface area contributed by atoms with Crippen molar-refractivity contribution in [3.63, 3.8) is 0 Å². The first-order valence-electron chi connectivity index (χ1n) is 8.69. The van der Waals surface area contributed by atoms with Gasteiger partial charge in [0.25, 0.3) is 5.91 Å². The summed E-state index contributed by atoms with van der Waals surface area (Å²) in [6.45, 7) is 1.57. The molecule has 0 bridgehead atoms. The first-order valence-corrected chi connectivity index (χ1v) is 8.69. The summed E-state index contributed by atoms with van der Waals surface area (Å²) < 4.78 is 7.54. The van der Waals surface area contributed by atoms with Crippen LogP contribution in [0.4, 0.5) is 0 Å². The van der Waals surface area contributed by atoms with Crippen molar-refractivity contribution in [2.75, 3.05) is 34.8 Å². The van der Waals surface area contributed by atoms with E-state index in [-0.39, 0.29) is 5.91 Å². The number of carbonyl (C=O) groups is 1. The maximum Gasteiger partial charge on any atom is 0.268 e. The van der Waals surface area contributed by atoms with Gasteiger partial charge in [0, 0.05) is 36.6 Å². The number of fused-ring (bicyclic) bond motifs is 1. The van der Waals surface area contributed by atoms with Gasteiger partial charge >= 0.3 is 0 Å². The molecule has 0 aliphatic heterocycles. The molecule has 3 aromatic rings. The number of rotatable bonds is 6. The highest BCUT2D eigenvalue weighted by Gasteiger charge is 2.23. The summed E-state index contributed by atoms with van der Waals surface area (Å²) >= 11 is 0. The van der Waals surface area contributed by atoms with Gasteiger partial charge in [-0.25, -0.2) is 0 Å². The van der Waals surface area contributed by atoms with Crippen molar-refractivity contribution >= 4 is 16.8 Å². The van der Waals surface area contributed by atoms with E-state index in [4.69, 9.17) is 4.74 Å². The summed E-state index contributed by atoms with van der Waals surface area (Å²) in [6.07, 6.45) is 0. The van der Waals surface area contributed by atoms with Crippen LogP contribution in [0.5, 0.6) is 5.75 Å². The SMILES string of the molecule is CNC(=O)c1c(-c2ccccc2)c2cc(OC)ccc2n1CCN(C)C. The highest BCUT2D eigenvalue weighted by Crippen LogP contribution is 2.37. The van der Waals surface area contributed by atoms with Crippen LogP contribution in [-0.2, 0) is 6.54 Å². The third kappa shape index (κ3) is 3.30. The molecule has 1 heterocycles. The molecule has 1 N–H and O–H groups in total. The lowest BCUT2D eigenvalue weighted by atomic mass is 10.0. The Balaban J connectivity index is 2.34. The maximum absolute atomic E-state index is 12.8. The van der Waals surface area contributed by atoms with E-state index in [2.05, 4.69) is 14.8 Å². The van der Waals surface area contributed by atoms with Crippen LogP contribution in [-0.4, -0.2) is 50.2 Å². The molecule has 2 aromatic carbocycles. The molecule has 0 aliphatic carbocycles. The number of nitrogens with one attached hydrogen (secondary N) is 1. The summed E-state index contributed by atoms with van der Waals surface area (Å²) in [4.78, 5) is 14.9. The number of aromatic nitrogens is 1. The van der Waals surface area contributed by atoms with Crippen molar-refractivity contribution < 1.29 is 9.53 Å². The number of ether oxygens (including phenoxy) is 1. The van der Waals surface area contributed by atoms with E-state index < -0.39 is 0 Å². The molecular weight excluding hydrogens is 326 g/mol. The Morgan fingerprint density at radius 2 is 1.88 bits per heavy atom. The Kier molecular flexibility index (Phi) is 5.28. The molecule has 0 unspecified atom stereocenters. The zero-order valence-electron chi connectivity index (χ0n) is 15.7. The molecule has 5 heteroatoms. The van der Waals surface area contributed by atoms with Crippen molar-refractivity contribution in [1.82, 2.24) is 14.8 Å². The molecule has 1 aromatic heterocycles. The number of benzene rings is 2. The molecule has 5 nitrogen and oxygen atoms in total. The van der Waals surface area contributed by atoms with Crippen LogP contribution in [0.25, 0.3) is 22.0 Å². The summed E-state index contributed by atoms with van der Waals surface area (Å²) in [5, 5.41) is 3.83. The second-order valence-electron chi connectivity index (χ2n) is 6.51. The minimum atomic E-state index is -0.0854. The van der Waals surface area contributed by atoms with Crippen LogP contribution in [0.1, 0.15) is 10.5 Å². The van der Waals surface area contributed by atoms with Crippen molar-refractivity contribution in [2.45, 2.75) is 6.54 Å². The van der Waals surface area contributed by atoms with E-state index in [1.165, 1.54) is 0 Å². The van der Waals surface area contributed by atoms with Gasteiger partial charge in [0.15, 0.2) is 0 Å². The number of likely N-dealkylation sites (N-methyl/N-ethyl adjacent to an activating group) is 1. The molecule has 0 saturated heterocycles. The lowest BCUT2D eigenvalue weighted by molar-refractivity contribution is 0.0954. The second-order valence-corrected chi connectivity index (χ2v) is 6.51. The molecule has 0 saturated carbocycles. The number of carbonyl (C=O) groups excluding carboxylic acids is 1. The summed E-state index contributed by atoms with van der Waals surface area (Å²) in [5.41, 5.74) is 3.68. The third-order valence-electron chi connectivity index (χ3n) is 4.55. The minimum absolute atomic E-state index is 0.0854. The number of hydrogen-bond acceptors (Lipinski definition) is 3. The van der Waals surface area contributed by atoms with Crippen molar-refractivity contribution in [3.05, 3.63) is 54.2 Å². The first kappa shape index (κ1) is 18.0. The quantitative estimate of drug-likeness (QED) is 0.742. The molecule has 3 rings (SSSR count). The third-order valence-corrected chi connectivity index (χ3v) is 4.55. The standard InChI is InChI=1S/C21H25N3O2/c1-22-21(25)20-19(15-8-6-5-7-9-15)17-14-16(26-4)10-11-18(17)24(20)13-12-23(2)3/h5-11,14H,12-13H2,1-4H3,(H,22,25). The number of amides is 1. The highest BCUT2D eigenvalue weighted by atomic mass is 16.5. The molecular formula is C21H25N3O2. The topological polar surface area (TPSA) is 46.5 Å². The van der Waals surface area contributed by atoms with E-state index >= 15 is 0 Å². The molecule has 0 fully saturated rings. The maximum atomic E-state index is 12.8. The van der Waals surface area contributed by atoms with Crippen LogP contribution in [0.15, 0.2) is 48.5 Å². The zero-order chi connectivity index (χ0) is 18.7. The van der Waals surface area contributed by atoms with Crippen LogP contribution in [0, 0.1) is 0 Å². The van der Waals surface area contributed by atoms with Gasteiger partial charge in [0.2, 0.25) is 0 Å². The number of hydrogen-bond donors (Lipinski definition) is 1. The van der Waals surface area contributed by atoms with Gasteiger partial charge in [-0.15, -0.1) is 0 Å². The Labute approximate surface area is 154 Å². The van der Waals surface area contributed by atoms with Crippen LogP contribution < -0.4 is 10.1 Å². The fourth-order valence-electron chi connectivity index (χ4n) is 3.24. The lowest BCUT2D eigenvalue weighted by Crippen LogP contribution is -2.25. The fraction of sp³-hybridized carbons (Fsp3) is 0.286. The number of methoxy groups -OCH3 is 1. The van der Waals surface area contributed by atoms with Gasteiger partial charge in [-0.05, 0) is 37.9 Å². The van der Waals surface area contributed by atoms with Crippen molar-refractivity contribution in [3.8, 4) is 16.9 Å². The Morgan fingerprint density at radius 3 is 2.50 bits per heavy atom. The molecule has 0 atom stereocenters. The fourth-order valence-corrected chi connectivity index (χ4v) is 3.24. The monoisotopic (exact) mass is 351 g/mol. The van der Waals surface area contributed by atoms with Gasteiger partial charge in [-0.3, -0.25) is 4.79 Å². The van der Waals surface area contributed by atoms with Gasteiger partial charge in [-0.1, -0.05) is 30.3 Å². The minimum Gasteiger partial charge on any atom is -0.497 e. The zero-order valence-corrected chi connectivity index (χ0v) is 15.7. The van der Waals surface area contributed by atoms with Gasteiger partial charge in [0.05, 0.1) is 7.11 Å². The Hall–Kier alpha value is -2.79. The Bertz CT molecular complexity index is 914. The van der Waals surface area contributed by atoms with Crippen molar-refractivity contribution in [2.24, 2.45) is 0 Å². The smallest absolute Gasteiger partial charge is 0.268 e.